The number of methoxy groups -OCH3 is 1. The second kappa shape index (κ2) is 10.9. The molecule has 0 spiro atoms. The number of carbonyl (C=O) groups excluding carboxylic acids is 1. The molecule has 148 valence electrons. The molecule has 0 aliphatic rings. The molecule has 0 aliphatic heterocycles. The maximum atomic E-state index is 13.0. The third kappa shape index (κ3) is 6.88. The second-order valence-corrected chi connectivity index (χ2v) is 7.07. The molecule has 1 N–H and O–H groups in total. The minimum absolute atomic E-state index is 0.00333. The lowest BCUT2D eigenvalue weighted by Crippen LogP contribution is -2.37. The van der Waals surface area contributed by atoms with Gasteiger partial charge in [0.15, 0.2) is 0 Å². The number of hydrogen-bond acceptors (Lipinski definition) is 6. The number of anilines is 1. The minimum atomic E-state index is -0.252. The van der Waals surface area contributed by atoms with Crippen molar-refractivity contribution in [2.45, 2.75) is 39.2 Å². The zero-order valence-electron chi connectivity index (χ0n) is 16.1. The van der Waals surface area contributed by atoms with E-state index in [-0.39, 0.29) is 17.8 Å². The van der Waals surface area contributed by atoms with Gasteiger partial charge in [-0.05, 0) is 31.0 Å². The number of benzene rings is 1. The molecule has 1 aromatic heterocycles. The van der Waals surface area contributed by atoms with E-state index in [1.165, 1.54) is 23.7 Å². The van der Waals surface area contributed by atoms with Gasteiger partial charge in [0.1, 0.15) is 11.6 Å². The Kier molecular flexibility index (Phi) is 8.60. The minimum Gasteiger partial charge on any atom is -0.383 e. The molecule has 8 heteroatoms. The fourth-order valence-electron chi connectivity index (χ4n) is 2.55. The monoisotopic (exact) mass is 394 g/mol. The quantitative estimate of drug-likeness (QED) is 0.594. The van der Waals surface area contributed by atoms with E-state index in [4.69, 9.17) is 4.74 Å². The first-order valence-corrected chi connectivity index (χ1v) is 9.90. The molecule has 0 fully saturated rings. The van der Waals surface area contributed by atoms with Crippen molar-refractivity contribution in [3.63, 3.8) is 0 Å². The van der Waals surface area contributed by atoms with Gasteiger partial charge in [0.05, 0.1) is 6.61 Å². The highest BCUT2D eigenvalue weighted by molar-refractivity contribution is 7.09. The summed E-state index contributed by atoms with van der Waals surface area (Å²) < 4.78 is 22.4. The predicted octanol–water partition coefficient (Wildman–Crippen LogP) is 3.03. The van der Waals surface area contributed by atoms with Crippen LogP contribution in [-0.4, -0.2) is 48.1 Å². The van der Waals surface area contributed by atoms with Crippen molar-refractivity contribution in [1.29, 1.82) is 0 Å². The Bertz CT molecular complexity index is 708. The van der Waals surface area contributed by atoms with Crippen LogP contribution >= 0.6 is 11.5 Å². The van der Waals surface area contributed by atoms with Gasteiger partial charge in [-0.3, -0.25) is 4.79 Å². The van der Waals surface area contributed by atoms with Crippen molar-refractivity contribution in [3.05, 3.63) is 41.5 Å². The van der Waals surface area contributed by atoms with Crippen LogP contribution in [-0.2, 0) is 16.0 Å². The molecule has 1 unspecified atom stereocenters. The van der Waals surface area contributed by atoms with Gasteiger partial charge in [0.25, 0.3) is 0 Å². The van der Waals surface area contributed by atoms with Crippen molar-refractivity contribution in [2.75, 3.05) is 31.7 Å². The Labute approximate surface area is 163 Å². The van der Waals surface area contributed by atoms with Gasteiger partial charge in [-0.2, -0.15) is 4.37 Å². The SMILES string of the molecule is CCC(C)N(CCC(=O)NCCOC)c1nc(Cc2ccc(F)cc2)ns1. The summed E-state index contributed by atoms with van der Waals surface area (Å²) in [5, 5.41) is 3.65. The maximum absolute atomic E-state index is 13.0. The third-order valence-corrected chi connectivity index (χ3v) is 5.10. The van der Waals surface area contributed by atoms with E-state index in [0.29, 0.717) is 38.4 Å². The summed E-state index contributed by atoms with van der Waals surface area (Å²) >= 11 is 1.34. The number of rotatable bonds is 11. The van der Waals surface area contributed by atoms with Crippen LogP contribution in [0.2, 0.25) is 0 Å². The Morgan fingerprint density at radius 1 is 1.37 bits per heavy atom. The largest absolute Gasteiger partial charge is 0.383 e. The van der Waals surface area contributed by atoms with Crippen LogP contribution in [0.1, 0.15) is 38.1 Å². The van der Waals surface area contributed by atoms with Crippen LogP contribution in [0, 0.1) is 5.82 Å². The Morgan fingerprint density at radius 3 is 2.78 bits per heavy atom. The summed E-state index contributed by atoms with van der Waals surface area (Å²) in [6.07, 6.45) is 1.89. The number of carbonyl (C=O) groups is 1. The van der Waals surface area contributed by atoms with E-state index in [2.05, 4.69) is 33.4 Å². The molecule has 6 nitrogen and oxygen atoms in total. The van der Waals surface area contributed by atoms with Crippen molar-refractivity contribution in [2.24, 2.45) is 0 Å². The Hall–Kier alpha value is -2.06. The topological polar surface area (TPSA) is 67.4 Å². The molecule has 0 saturated heterocycles. The first-order valence-electron chi connectivity index (χ1n) is 9.12. The molecule has 0 saturated carbocycles. The number of halogens is 1. The van der Waals surface area contributed by atoms with E-state index in [9.17, 15) is 9.18 Å². The normalized spacial score (nSPS) is 12.0. The average Bonchev–Trinajstić information content (AvgIpc) is 3.12. The molecule has 1 aromatic carbocycles. The molecule has 1 amide bonds. The average molecular weight is 395 g/mol. The van der Waals surface area contributed by atoms with Crippen LogP contribution in [0.15, 0.2) is 24.3 Å². The van der Waals surface area contributed by atoms with Gasteiger partial charge < -0.3 is 15.0 Å². The fourth-order valence-corrected chi connectivity index (χ4v) is 3.36. The van der Waals surface area contributed by atoms with Gasteiger partial charge in [0, 0.05) is 50.6 Å². The molecule has 0 bridgehead atoms. The van der Waals surface area contributed by atoms with Gasteiger partial charge in [-0.1, -0.05) is 19.1 Å². The summed E-state index contributed by atoms with van der Waals surface area (Å²) in [6, 6.07) is 6.62. The lowest BCUT2D eigenvalue weighted by atomic mass is 10.1. The molecule has 1 atom stereocenters. The van der Waals surface area contributed by atoms with Gasteiger partial charge in [-0.15, -0.1) is 0 Å². The van der Waals surface area contributed by atoms with Crippen molar-refractivity contribution >= 4 is 22.6 Å². The molecular formula is C19H27FN4O2S. The summed E-state index contributed by atoms with van der Waals surface area (Å²) in [5.74, 6) is 0.452. The highest BCUT2D eigenvalue weighted by atomic mass is 32.1. The first kappa shape index (κ1) is 21.2. The van der Waals surface area contributed by atoms with Gasteiger partial charge >= 0.3 is 0 Å². The van der Waals surface area contributed by atoms with Crippen LogP contribution in [0.5, 0.6) is 0 Å². The van der Waals surface area contributed by atoms with E-state index in [1.807, 2.05) is 0 Å². The lowest BCUT2D eigenvalue weighted by molar-refractivity contribution is -0.121. The van der Waals surface area contributed by atoms with E-state index < -0.39 is 0 Å². The molecular weight excluding hydrogens is 367 g/mol. The van der Waals surface area contributed by atoms with Crippen LogP contribution in [0.3, 0.4) is 0 Å². The standard InChI is InChI=1S/C19H27FN4O2S/c1-4-14(2)24(11-9-18(25)21-10-12-26-3)19-22-17(23-27-19)13-15-5-7-16(20)8-6-15/h5-8,14H,4,9-13H2,1-3H3,(H,21,25). The predicted molar refractivity (Wildman–Crippen MR) is 106 cm³/mol. The summed E-state index contributed by atoms with van der Waals surface area (Å²) in [6.45, 7) is 5.82. The van der Waals surface area contributed by atoms with Crippen molar-refractivity contribution in [1.82, 2.24) is 14.7 Å². The number of aromatic nitrogens is 2. The van der Waals surface area contributed by atoms with Crippen LogP contribution < -0.4 is 10.2 Å². The Morgan fingerprint density at radius 2 is 2.11 bits per heavy atom. The summed E-state index contributed by atoms with van der Waals surface area (Å²) in [4.78, 5) is 18.7. The number of nitrogens with zero attached hydrogens (tertiary/aromatic N) is 3. The first-order chi connectivity index (χ1) is 13.0. The zero-order valence-corrected chi connectivity index (χ0v) is 16.9. The van der Waals surface area contributed by atoms with Crippen molar-refractivity contribution in [3.8, 4) is 0 Å². The highest BCUT2D eigenvalue weighted by Crippen LogP contribution is 2.22. The number of ether oxygens (including phenoxy) is 1. The number of nitrogens with one attached hydrogen (secondary N) is 1. The third-order valence-electron chi connectivity index (χ3n) is 4.31. The summed E-state index contributed by atoms with van der Waals surface area (Å²) in [5.41, 5.74) is 0.966. The molecule has 0 aliphatic carbocycles. The smallest absolute Gasteiger partial charge is 0.221 e. The lowest BCUT2D eigenvalue weighted by Gasteiger charge is -2.27. The summed E-state index contributed by atoms with van der Waals surface area (Å²) in [7, 11) is 1.61. The van der Waals surface area contributed by atoms with E-state index in [0.717, 1.165) is 17.1 Å². The second-order valence-electron chi connectivity index (χ2n) is 6.34. The van der Waals surface area contributed by atoms with E-state index in [1.54, 1.807) is 19.2 Å². The van der Waals surface area contributed by atoms with E-state index >= 15 is 0 Å². The molecule has 0 radical (unpaired) electrons. The maximum Gasteiger partial charge on any atom is 0.221 e. The van der Waals surface area contributed by atoms with Gasteiger partial charge in [0.2, 0.25) is 11.0 Å². The van der Waals surface area contributed by atoms with Gasteiger partial charge in [-0.25, -0.2) is 9.37 Å². The zero-order chi connectivity index (χ0) is 19.6. The Balaban J connectivity index is 1.98. The highest BCUT2D eigenvalue weighted by Gasteiger charge is 2.19. The number of hydrogen-bond donors (Lipinski definition) is 1. The fraction of sp³-hybridized carbons (Fsp3) is 0.526. The molecule has 2 rings (SSSR count). The molecule has 2 aromatic rings. The van der Waals surface area contributed by atoms with Crippen molar-refractivity contribution < 1.29 is 13.9 Å². The number of amides is 1. The van der Waals surface area contributed by atoms with Crippen LogP contribution in [0.4, 0.5) is 9.52 Å². The molecule has 27 heavy (non-hydrogen) atoms. The molecule has 1 heterocycles. The van der Waals surface area contributed by atoms with Crippen LogP contribution in [0.25, 0.3) is 0 Å².